The van der Waals surface area contributed by atoms with Gasteiger partial charge in [-0.15, -0.1) is 0 Å². The maximum atomic E-state index is 13.3. The summed E-state index contributed by atoms with van der Waals surface area (Å²) >= 11 is 0. The number of nitrogens with zero attached hydrogens (tertiary/aromatic N) is 2. The van der Waals surface area contributed by atoms with Crippen LogP contribution in [-0.4, -0.2) is 30.2 Å². The molecule has 24 heavy (non-hydrogen) atoms. The molecule has 0 saturated carbocycles. The minimum atomic E-state index is -4.63. The molecule has 0 saturated heterocycles. The van der Waals surface area contributed by atoms with Gasteiger partial charge < -0.3 is 15.4 Å². The van der Waals surface area contributed by atoms with Crippen LogP contribution >= 0.6 is 0 Å². The average molecular weight is 338 g/mol. The summed E-state index contributed by atoms with van der Waals surface area (Å²) < 4.78 is 44.8. The third-order valence-electron chi connectivity index (χ3n) is 3.06. The summed E-state index contributed by atoms with van der Waals surface area (Å²) in [5.74, 6) is -0.137. The summed E-state index contributed by atoms with van der Waals surface area (Å²) in [5, 5.41) is 5.50. The third kappa shape index (κ3) is 4.69. The van der Waals surface area contributed by atoms with Crippen molar-refractivity contribution in [2.75, 3.05) is 25.6 Å². The highest BCUT2D eigenvalue weighted by atomic mass is 19.4. The van der Waals surface area contributed by atoms with Crippen LogP contribution in [0.4, 0.5) is 24.8 Å². The number of nitrogens with one attached hydrogen (secondary N) is 2. The van der Waals surface area contributed by atoms with Crippen molar-refractivity contribution in [3.63, 3.8) is 0 Å². The summed E-state index contributed by atoms with van der Waals surface area (Å²) in [6.45, 7) is 4.29. The second-order valence-electron chi connectivity index (χ2n) is 4.84. The Morgan fingerprint density at radius 2 is 1.96 bits per heavy atom. The largest absolute Gasteiger partial charge is 0.434 e. The van der Waals surface area contributed by atoms with Crippen LogP contribution in [0.25, 0.3) is 5.70 Å². The van der Waals surface area contributed by atoms with E-state index in [-0.39, 0.29) is 17.2 Å². The lowest BCUT2D eigenvalue weighted by atomic mass is 10.1. The molecule has 0 bridgehead atoms. The molecule has 0 aliphatic rings. The summed E-state index contributed by atoms with van der Waals surface area (Å²) in [6, 6.07) is 8.71. The highest BCUT2D eigenvalue weighted by Gasteiger charge is 2.36. The summed E-state index contributed by atoms with van der Waals surface area (Å²) in [7, 11) is 1.50. The van der Waals surface area contributed by atoms with E-state index in [9.17, 15) is 13.2 Å². The number of anilines is 2. The lowest BCUT2D eigenvalue weighted by molar-refractivity contribution is -0.141. The number of para-hydroxylation sites is 1. The Balaban J connectivity index is 2.27. The van der Waals surface area contributed by atoms with Crippen LogP contribution in [0.5, 0.6) is 0 Å². The van der Waals surface area contributed by atoms with Gasteiger partial charge in [-0.1, -0.05) is 24.8 Å². The maximum Gasteiger partial charge on any atom is 0.434 e. The molecule has 128 valence electrons. The molecular formula is C16H17F3N4O. The molecule has 1 aromatic carbocycles. The summed E-state index contributed by atoms with van der Waals surface area (Å²) in [5.41, 5.74) is -0.566. The van der Waals surface area contributed by atoms with E-state index in [0.717, 1.165) is 6.20 Å². The molecule has 1 heterocycles. The Morgan fingerprint density at radius 3 is 2.58 bits per heavy atom. The number of aromatic nitrogens is 2. The Morgan fingerprint density at radius 1 is 1.25 bits per heavy atom. The van der Waals surface area contributed by atoms with E-state index in [0.29, 0.717) is 18.8 Å². The van der Waals surface area contributed by atoms with Gasteiger partial charge in [0, 0.05) is 36.8 Å². The van der Waals surface area contributed by atoms with Crippen molar-refractivity contribution < 1.29 is 17.9 Å². The van der Waals surface area contributed by atoms with Gasteiger partial charge in [0.05, 0.1) is 6.61 Å². The van der Waals surface area contributed by atoms with Crippen molar-refractivity contribution in [2.24, 2.45) is 0 Å². The molecule has 5 nitrogen and oxygen atoms in total. The Hall–Kier alpha value is -2.61. The van der Waals surface area contributed by atoms with Gasteiger partial charge in [0.25, 0.3) is 0 Å². The van der Waals surface area contributed by atoms with E-state index in [4.69, 9.17) is 4.74 Å². The Labute approximate surface area is 137 Å². The standard InChI is InChI=1S/C16H17F3N4O/c1-11(20-8-9-24-2)13-10-21-15(23-14(13)16(17,18)19)22-12-6-4-3-5-7-12/h3-7,10,20H,1,8-9H2,2H3,(H,21,22,23). The average Bonchev–Trinajstić information content (AvgIpc) is 2.55. The smallest absolute Gasteiger partial charge is 0.383 e. The van der Waals surface area contributed by atoms with Gasteiger partial charge in [-0.25, -0.2) is 9.97 Å². The van der Waals surface area contributed by atoms with Crippen molar-refractivity contribution in [1.82, 2.24) is 15.3 Å². The van der Waals surface area contributed by atoms with Crippen molar-refractivity contribution in [3.05, 3.63) is 54.4 Å². The highest BCUT2D eigenvalue weighted by Crippen LogP contribution is 2.33. The fourth-order valence-corrected chi connectivity index (χ4v) is 1.93. The lowest BCUT2D eigenvalue weighted by Gasteiger charge is -2.16. The van der Waals surface area contributed by atoms with Gasteiger partial charge >= 0.3 is 6.18 Å². The molecule has 0 atom stereocenters. The molecule has 2 N–H and O–H groups in total. The van der Waals surface area contributed by atoms with E-state index in [2.05, 4.69) is 27.2 Å². The molecular weight excluding hydrogens is 321 g/mol. The quantitative estimate of drug-likeness (QED) is 0.758. The molecule has 2 aromatic rings. The minimum Gasteiger partial charge on any atom is -0.383 e. The zero-order valence-electron chi connectivity index (χ0n) is 13.0. The normalized spacial score (nSPS) is 11.2. The lowest BCUT2D eigenvalue weighted by Crippen LogP contribution is -2.21. The first-order valence-corrected chi connectivity index (χ1v) is 7.10. The SMILES string of the molecule is C=C(NCCOC)c1cnc(Nc2ccccc2)nc1C(F)(F)F. The van der Waals surface area contributed by atoms with Crippen LogP contribution in [0.15, 0.2) is 43.1 Å². The molecule has 2 rings (SSSR count). The van der Waals surface area contributed by atoms with E-state index < -0.39 is 11.9 Å². The van der Waals surface area contributed by atoms with Gasteiger partial charge in [0.1, 0.15) is 0 Å². The fourth-order valence-electron chi connectivity index (χ4n) is 1.93. The Bertz CT molecular complexity index is 689. The molecule has 0 amide bonds. The van der Waals surface area contributed by atoms with Crippen molar-refractivity contribution in [2.45, 2.75) is 6.18 Å². The predicted molar refractivity (Wildman–Crippen MR) is 85.7 cm³/mol. The van der Waals surface area contributed by atoms with Gasteiger partial charge in [-0.3, -0.25) is 0 Å². The van der Waals surface area contributed by atoms with E-state index in [1.807, 2.05) is 0 Å². The van der Waals surface area contributed by atoms with Crippen LogP contribution < -0.4 is 10.6 Å². The van der Waals surface area contributed by atoms with Crippen LogP contribution in [0.2, 0.25) is 0 Å². The zero-order chi connectivity index (χ0) is 17.6. The predicted octanol–water partition coefficient (Wildman–Crippen LogP) is 3.45. The highest BCUT2D eigenvalue weighted by molar-refractivity contribution is 5.64. The first kappa shape index (κ1) is 17.7. The van der Waals surface area contributed by atoms with Gasteiger partial charge in [-0.05, 0) is 12.1 Å². The van der Waals surface area contributed by atoms with Gasteiger partial charge in [0.15, 0.2) is 5.69 Å². The Kier molecular flexibility index (Phi) is 5.75. The minimum absolute atomic E-state index is 0.0886. The molecule has 0 unspecified atom stereocenters. The van der Waals surface area contributed by atoms with Crippen LogP contribution in [0, 0.1) is 0 Å². The number of hydrogen-bond donors (Lipinski definition) is 2. The maximum absolute atomic E-state index is 13.3. The van der Waals surface area contributed by atoms with E-state index in [1.165, 1.54) is 7.11 Å². The monoisotopic (exact) mass is 338 g/mol. The number of hydrogen-bond acceptors (Lipinski definition) is 5. The molecule has 0 aliphatic carbocycles. The van der Waals surface area contributed by atoms with Gasteiger partial charge in [-0.2, -0.15) is 13.2 Å². The number of benzene rings is 1. The number of rotatable bonds is 7. The van der Waals surface area contributed by atoms with Crippen LogP contribution in [-0.2, 0) is 10.9 Å². The van der Waals surface area contributed by atoms with E-state index in [1.54, 1.807) is 30.3 Å². The molecule has 0 spiro atoms. The van der Waals surface area contributed by atoms with E-state index >= 15 is 0 Å². The van der Waals surface area contributed by atoms with Crippen molar-refractivity contribution in [3.8, 4) is 0 Å². The van der Waals surface area contributed by atoms with Crippen LogP contribution in [0.1, 0.15) is 11.3 Å². The molecule has 8 heteroatoms. The topological polar surface area (TPSA) is 59.1 Å². The third-order valence-corrected chi connectivity index (χ3v) is 3.06. The van der Waals surface area contributed by atoms with Crippen LogP contribution in [0.3, 0.4) is 0 Å². The molecule has 1 aromatic heterocycles. The molecule has 0 radical (unpaired) electrons. The molecule has 0 fully saturated rings. The number of halogens is 3. The number of methoxy groups -OCH3 is 1. The second kappa shape index (κ2) is 7.78. The summed E-state index contributed by atoms with van der Waals surface area (Å²) in [6.07, 6.45) is -3.53. The van der Waals surface area contributed by atoms with Crippen molar-refractivity contribution in [1.29, 1.82) is 0 Å². The van der Waals surface area contributed by atoms with Crippen molar-refractivity contribution >= 4 is 17.3 Å². The number of alkyl halides is 3. The van der Waals surface area contributed by atoms with Gasteiger partial charge in [0.2, 0.25) is 5.95 Å². The number of ether oxygens (including phenoxy) is 1. The first-order chi connectivity index (χ1) is 11.4. The summed E-state index contributed by atoms with van der Waals surface area (Å²) in [4.78, 5) is 7.55. The second-order valence-corrected chi connectivity index (χ2v) is 4.84. The first-order valence-electron chi connectivity index (χ1n) is 7.10. The molecule has 0 aliphatic heterocycles. The fraction of sp³-hybridized carbons (Fsp3) is 0.250. The zero-order valence-corrected chi connectivity index (χ0v) is 13.0.